The van der Waals surface area contributed by atoms with E-state index in [-0.39, 0.29) is 12.6 Å². The largest absolute Gasteiger partial charge is 0.472 e. The minimum absolute atomic E-state index is 0.243. The van der Waals surface area contributed by atoms with E-state index in [1.54, 1.807) is 36.0 Å². The predicted octanol–water partition coefficient (Wildman–Crippen LogP) is 2.94. The molecule has 0 radical (unpaired) electrons. The molecule has 0 fully saturated rings. The van der Waals surface area contributed by atoms with Crippen LogP contribution in [-0.4, -0.2) is 22.4 Å². The summed E-state index contributed by atoms with van der Waals surface area (Å²) in [6.45, 7) is 2.36. The van der Waals surface area contributed by atoms with Gasteiger partial charge in [-0.1, -0.05) is 22.0 Å². The molecule has 0 spiro atoms. The van der Waals surface area contributed by atoms with Crippen LogP contribution in [0.15, 0.2) is 34.9 Å². The summed E-state index contributed by atoms with van der Waals surface area (Å²) in [5.41, 5.74) is 1.24. The van der Waals surface area contributed by atoms with Crippen LogP contribution >= 0.6 is 15.9 Å². The number of halogens is 1. The summed E-state index contributed by atoms with van der Waals surface area (Å²) in [4.78, 5) is 11.9. The second kappa shape index (κ2) is 6.56. The molecule has 0 aliphatic carbocycles. The van der Waals surface area contributed by atoms with Crippen molar-refractivity contribution >= 4 is 21.9 Å². The van der Waals surface area contributed by atoms with E-state index in [4.69, 9.17) is 9.47 Å². The number of benzene rings is 1. The van der Waals surface area contributed by atoms with Crippen molar-refractivity contribution in [3.8, 4) is 5.88 Å². The predicted molar refractivity (Wildman–Crippen MR) is 77.6 cm³/mol. The second-order valence-corrected chi connectivity index (χ2v) is 4.96. The van der Waals surface area contributed by atoms with Gasteiger partial charge in [-0.25, -0.2) is 4.79 Å². The van der Waals surface area contributed by atoms with Crippen LogP contribution in [-0.2, 0) is 18.4 Å². The van der Waals surface area contributed by atoms with Gasteiger partial charge in [-0.2, -0.15) is 0 Å². The van der Waals surface area contributed by atoms with Gasteiger partial charge in [0.2, 0.25) is 5.88 Å². The third-order valence-electron chi connectivity index (χ3n) is 2.67. The highest BCUT2D eigenvalue weighted by Crippen LogP contribution is 2.23. The molecule has 6 heteroatoms. The number of carbonyl (C=O) groups is 1. The number of aromatic nitrogens is 2. The van der Waals surface area contributed by atoms with Crippen molar-refractivity contribution < 1.29 is 14.3 Å². The molecule has 20 heavy (non-hydrogen) atoms. The first kappa shape index (κ1) is 14.6. The summed E-state index contributed by atoms with van der Waals surface area (Å²) in [6, 6.07) is 7.14. The zero-order valence-corrected chi connectivity index (χ0v) is 12.9. The zero-order chi connectivity index (χ0) is 14.5. The second-order valence-electron chi connectivity index (χ2n) is 4.10. The van der Waals surface area contributed by atoms with Crippen LogP contribution in [0.25, 0.3) is 0 Å². The SMILES string of the molecule is CCOC(=O)c1cccc(Br)c1COc1ccn(C)n1. The van der Waals surface area contributed by atoms with Crippen LogP contribution in [0.2, 0.25) is 0 Å². The van der Waals surface area contributed by atoms with E-state index in [0.717, 1.165) is 10.0 Å². The van der Waals surface area contributed by atoms with E-state index in [1.165, 1.54) is 0 Å². The molecule has 0 unspecified atom stereocenters. The highest BCUT2D eigenvalue weighted by molar-refractivity contribution is 9.10. The Bertz CT molecular complexity index is 610. The van der Waals surface area contributed by atoms with Crippen molar-refractivity contribution in [2.24, 2.45) is 7.05 Å². The number of hydrogen-bond acceptors (Lipinski definition) is 4. The van der Waals surface area contributed by atoms with Gasteiger partial charge < -0.3 is 9.47 Å². The Morgan fingerprint density at radius 3 is 2.85 bits per heavy atom. The highest BCUT2D eigenvalue weighted by atomic mass is 79.9. The lowest BCUT2D eigenvalue weighted by Crippen LogP contribution is -2.10. The van der Waals surface area contributed by atoms with E-state index >= 15 is 0 Å². The fourth-order valence-corrected chi connectivity index (χ4v) is 2.20. The smallest absolute Gasteiger partial charge is 0.338 e. The molecule has 2 rings (SSSR count). The lowest BCUT2D eigenvalue weighted by Gasteiger charge is -2.11. The normalized spacial score (nSPS) is 10.3. The van der Waals surface area contributed by atoms with Crippen LogP contribution in [0.3, 0.4) is 0 Å². The van der Waals surface area contributed by atoms with Crippen LogP contribution in [0.4, 0.5) is 0 Å². The third kappa shape index (κ3) is 3.39. The van der Waals surface area contributed by atoms with Crippen molar-refractivity contribution in [2.75, 3.05) is 6.61 Å². The third-order valence-corrected chi connectivity index (χ3v) is 3.41. The van der Waals surface area contributed by atoms with Gasteiger partial charge in [-0.05, 0) is 19.1 Å². The molecule has 0 N–H and O–H groups in total. The molecule has 0 aliphatic heterocycles. The molecule has 0 saturated heterocycles. The average Bonchev–Trinajstić information content (AvgIpc) is 2.83. The Labute approximate surface area is 125 Å². The Balaban J connectivity index is 2.19. The number of nitrogens with zero attached hydrogens (tertiary/aromatic N) is 2. The van der Waals surface area contributed by atoms with Gasteiger partial charge in [0.15, 0.2) is 0 Å². The Morgan fingerprint density at radius 1 is 1.40 bits per heavy atom. The monoisotopic (exact) mass is 338 g/mol. The molecule has 2 aromatic rings. The van der Waals surface area contributed by atoms with Gasteiger partial charge >= 0.3 is 5.97 Å². The molecular formula is C14H15BrN2O3. The van der Waals surface area contributed by atoms with Gasteiger partial charge in [-0.15, -0.1) is 5.10 Å². The number of esters is 1. The van der Waals surface area contributed by atoms with Crippen molar-refractivity contribution in [2.45, 2.75) is 13.5 Å². The van der Waals surface area contributed by atoms with E-state index in [2.05, 4.69) is 21.0 Å². The quantitative estimate of drug-likeness (QED) is 0.786. The summed E-state index contributed by atoms with van der Waals surface area (Å²) in [5, 5.41) is 4.13. The van der Waals surface area contributed by atoms with Gasteiger partial charge in [0, 0.05) is 29.3 Å². The topological polar surface area (TPSA) is 53.4 Å². The van der Waals surface area contributed by atoms with E-state index in [0.29, 0.717) is 18.1 Å². The van der Waals surface area contributed by atoms with Crippen molar-refractivity contribution in [3.05, 3.63) is 46.1 Å². The lowest BCUT2D eigenvalue weighted by molar-refractivity contribution is 0.0523. The van der Waals surface area contributed by atoms with E-state index in [1.807, 2.05) is 13.1 Å². The maximum Gasteiger partial charge on any atom is 0.338 e. The van der Waals surface area contributed by atoms with Gasteiger partial charge in [0.1, 0.15) is 6.61 Å². The molecule has 1 heterocycles. The average molecular weight is 339 g/mol. The molecule has 5 nitrogen and oxygen atoms in total. The number of aryl methyl sites for hydroxylation is 1. The summed E-state index contributed by atoms with van der Waals surface area (Å²) in [6.07, 6.45) is 1.79. The molecule has 1 aromatic heterocycles. The Hall–Kier alpha value is -1.82. The first-order chi connectivity index (χ1) is 9.61. The summed E-state index contributed by atoms with van der Waals surface area (Å²) in [7, 11) is 1.81. The Kier molecular flexibility index (Phi) is 4.79. The number of rotatable bonds is 5. The molecular weight excluding hydrogens is 324 g/mol. The summed E-state index contributed by atoms with van der Waals surface area (Å²) < 4.78 is 13.1. The molecule has 0 saturated carbocycles. The first-order valence-electron chi connectivity index (χ1n) is 6.18. The van der Waals surface area contributed by atoms with Crippen LogP contribution in [0.1, 0.15) is 22.8 Å². The standard InChI is InChI=1S/C14H15BrN2O3/c1-3-19-14(18)10-5-4-6-12(15)11(10)9-20-13-7-8-17(2)16-13/h4-8H,3,9H2,1-2H3. The molecule has 0 bridgehead atoms. The maximum absolute atomic E-state index is 11.9. The van der Waals surface area contributed by atoms with E-state index < -0.39 is 0 Å². The van der Waals surface area contributed by atoms with Gasteiger partial charge in [0.25, 0.3) is 0 Å². The zero-order valence-electron chi connectivity index (χ0n) is 11.3. The number of ether oxygens (including phenoxy) is 2. The fraction of sp³-hybridized carbons (Fsp3) is 0.286. The molecule has 106 valence electrons. The van der Waals surface area contributed by atoms with Crippen LogP contribution in [0, 0.1) is 0 Å². The number of hydrogen-bond donors (Lipinski definition) is 0. The maximum atomic E-state index is 11.9. The number of carbonyl (C=O) groups excluding carboxylic acids is 1. The minimum atomic E-state index is -0.353. The van der Waals surface area contributed by atoms with E-state index in [9.17, 15) is 4.79 Å². The summed E-state index contributed by atoms with van der Waals surface area (Å²) >= 11 is 3.43. The van der Waals surface area contributed by atoms with Crippen molar-refractivity contribution in [3.63, 3.8) is 0 Å². The van der Waals surface area contributed by atoms with Crippen LogP contribution in [0.5, 0.6) is 5.88 Å². The molecule has 0 atom stereocenters. The van der Waals surface area contributed by atoms with Crippen LogP contribution < -0.4 is 4.74 Å². The van der Waals surface area contributed by atoms with Gasteiger partial charge in [-0.3, -0.25) is 4.68 Å². The van der Waals surface area contributed by atoms with Crippen molar-refractivity contribution in [1.82, 2.24) is 9.78 Å². The molecule has 0 aliphatic rings. The molecule has 0 amide bonds. The first-order valence-corrected chi connectivity index (χ1v) is 6.98. The Morgan fingerprint density at radius 2 is 2.20 bits per heavy atom. The highest BCUT2D eigenvalue weighted by Gasteiger charge is 2.15. The van der Waals surface area contributed by atoms with Gasteiger partial charge in [0.05, 0.1) is 12.2 Å². The lowest BCUT2D eigenvalue weighted by atomic mass is 10.1. The van der Waals surface area contributed by atoms with Crippen molar-refractivity contribution in [1.29, 1.82) is 0 Å². The fourth-order valence-electron chi connectivity index (χ4n) is 1.72. The summed E-state index contributed by atoms with van der Waals surface area (Å²) in [5.74, 6) is 0.159. The minimum Gasteiger partial charge on any atom is -0.472 e. The molecule has 1 aromatic carbocycles.